The van der Waals surface area contributed by atoms with Crippen LogP contribution in [-0.4, -0.2) is 30.1 Å². The Kier molecular flexibility index (Phi) is 4.77. The van der Waals surface area contributed by atoms with Crippen LogP contribution in [0.25, 0.3) is 0 Å². The van der Waals surface area contributed by atoms with Gasteiger partial charge in [-0.3, -0.25) is 4.90 Å². The lowest BCUT2D eigenvalue weighted by Crippen LogP contribution is -2.20. The Bertz CT molecular complexity index is 461. The molecule has 1 atom stereocenters. The van der Waals surface area contributed by atoms with Gasteiger partial charge in [-0.25, -0.2) is 0 Å². The highest BCUT2D eigenvalue weighted by Crippen LogP contribution is 2.24. The third-order valence-corrected chi connectivity index (χ3v) is 4.10. The van der Waals surface area contributed by atoms with E-state index in [4.69, 9.17) is 22.7 Å². The summed E-state index contributed by atoms with van der Waals surface area (Å²) in [6, 6.07) is 6.11. The number of benzene rings is 1. The van der Waals surface area contributed by atoms with Crippen LogP contribution < -0.4 is 10.5 Å². The molecule has 1 aromatic rings. The summed E-state index contributed by atoms with van der Waals surface area (Å²) in [6.07, 6.45) is 2.60. The van der Waals surface area contributed by atoms with Crippen LogP contribution in [0.15, 0.2) is 18.2 Å². The average Bonchev–Trinajstić information content (AvgIpc) is 2.86. The summed E-state index contributed by atoms with van der Waals surface area (Å²) in [5.74, 6) is 1.63. The van der Waals surface area contributed by atoms with E-state index in [9.17, 15) is 0 Å². The summed E-state index contributed by atoms with van der Waals surface area (Å²) in [5.41, 5.74) is 7.75. The van der Waals surface area contributed by atoms with Crippen LogP contribution in [-0.2, 0) is 6.54 Å². The molecule has 0 amide bonds. The molecule has 0 aliphatic carbocycles. The summed E-state index contributed by atoms with van der Waals surface area (Å²) in [7, 11) is 1.66. The Hall–Kier alpha value is -1.13. The zero-order valence-corrected chi connectivity index (χ0v) is 12.5. The molecule has 1 saturated heterocycles. The molecule has 19 heavy (non-hydrogen) atoms. The molecular weight excluding hydrogens is 256 g/mol. The van der Waals surface area contributed by atoms with Crippen molar-refractivity contribution >= 4 is 17.2 Å². The maximum absolute atomic E-state index is 5.68. The zero-order chi connectivity index (χ0) is 13.8. The van der Waals surface area contributed by atoms with Crippen molar-refractivity contribution in [1.82, 2.24) is 4.90 Å². The molecule has 1 aliphatic heterocycles. The summed E-state index contributed by atoms with van der Waals surface area (Å²) < 4.78 is 5.37. The van der Waals surface area contributed by atoms with Crippen LogP contribution in [0.1, 0.15) is 30.9 Å². The largest absolute Gasteiger partial charge is 0.496 e. The molecule has 2 rings (SSSR count). The van der Waals surface area contributed by atoms with Crippen molar-refractivity contribution in [1.29, 1.82) is 0 Å². The first-order chi connectivity index (χ1) is 9.13. The molecule has 0 spiro atoms. The number of hydrogen-bond acceptors (Lipinski definition) is 3. The van der Waals surface area contributed by atoms with Crippen molar-refractivity contribution in [2.45, 2.75) is 26.3 Å². The molecule has 0 radical (unpaired) electrons. The van der Waals surface area contributed by atoms with E-state index in [-0.39, 0.29) is 0 Å². The highest BCUT2D eigenvalue weighted by Gasteiger charge is 2.21. The topological polar surface area (TPSA) is 38.5 Å². The van der Waals surface area contributed by atoms with E-state index in [1.165, 1.54) is 31.5 Å². The van der Waals surface area contributed by atoms with Crippen molar-refractivity contribution in [2.75, 3.05) is 20.2 Å². The first-order valence-electron chi connectivity index (χ1n) is 6.83. The first kappa shape index (κ1) is 14.3. The second-order valence-electron chi connectivity index (χ2n) is 5.20. The first-order valence-corrected chi connectivity index (χ1v) is 7.24. The zero-order valence-electron chi connectivity index (χ0n) is 11.7. The lowest BCUT2D eigenvalue weighted by Gasteiger charge is -2.17. The number of nitrogens with two attached hydrogens (primary N) is 1. The van der Waals surface area contributed by atoms with Crippen LogP contribution in [0.4, 0.5) is 0 Å². The number of nitrogens with zero attached hydrogens (tertiary/aromatic N) is 1. The highest BCUT2D eigenvalue weighted by molar-refractivity contribution is 7.80. The van der Waals surface area contributed by atoms with Gasteiger partial charge in [-0.05, 0) is 36.6 Å². The number of ether oxygens (including phenoxy) is 1. The molecule has 1 heterocycles. The van der Waals surface area contributed by atoms with Gasteiger partial charge in [-0.2, -0.15) is 0 Å². The Morgan fingerprint density at radius 1 is 1.53 bits per heavy atom. The maximum Gasteiger partial charge on any atom is 0.129 e. The molecule has 1 aliphatic rings. The molecule has 0 bridgehead atoms. The average molecular weight is 278 g/mol. The van der Waals surface area contributed by atoms with Crippen LogP contribution in [0.5, 0.6) is 5.75 Å². The van der Waals surface area contributed by atoms with E-state index in [1.54, 1.807) is 7.11 Å². The molecule has 0 aromatic heterocycles. The van der Waals surface area contributed by atoms with Gasteiger partial charge in [0.1, 0.15) is 10.7 Å². The van der Waals surface area contributed by atoms with E-state index in [0.29, 0.717) is 4.99 Å². The van der Waals surface area contributed by atoms with Gasteiger partial charge in [0.15, 0.2) is 0 Å². The van der Waals surface area contributed by atoms with E-state index in [0.717, 1.165) is 23.8 Å². The van der Waals surface area contributed by atoms with Crippen molar-refractivity contribution < 1.29 is 4.74 Å². The van der Waals surface area contributed by atoms with Crippen molar-refractivity contribution in [3.63, 3.8) is 0 Å². The van der Waals surface area contributed by atoms with Crippen molar-refractivity contribution in [3.05, 3.63) is 29.3 Å². The molecule has 104 valence electrons. The minimum atomic E-state index is 0.385. The quantitative estimate of drug-likeness (QED) is 0.840. The fourth-order valence-corrected chi connectivity index (χ4v) is 2.85. The van der Waals surface area contributed by atoms with Crippen LogP contribution in [0.3, 0.4) is 0 Å². The fraction of sp³-hybridized carbons (Fsp3) is 0.533. The van der Waals surface area contributed by atoms with Crippen LogP contribution >= 0.6 is 12.2 Å². The lowest BCUT2D eigenvalue weighted by molar-refractivity contribution is 0.314. The summed E-state index contributed by atoms with van der Waals surface area (Å²) in [6.45, 7) is 5.65. The Morgan fingerprint density at radius 3 is 2.89 bits per heavy atom. The van der Waals surface area contributed by atoms with Gasteiger partial charge in [-0.15, -0.1) is 0 Å². The van der Waals surface area contributed by atoms with E-state index >= 15 is 0 Å². The van der Waals surface area contributed by atoms with Crippen molar-refractivity contribution in [3.8, 4) is 5.75 Å². The van der Waals surface area contributed by atoms with E-state index < -0.39 is 0 Å². The molecule has 4 heteroatoms. The standard InChI is InChI=1S/C15H22N2OS/c1-3-11-6-7-17(9-11)10-12-4-5-13(15(16)19)14(8-12)18-2/h4-5,8,11H,3,6-7,9-10H2,1-2H3,(H2,16,19). The molecule has 0 saturated carbocycles. The molecule has 3 nitrogen and oxygen atoms in total. The molecule has 1 fully saturated rings. The fourth-order valence-electron chi connectivity index (χ4n) is 2.69. The van der Waals surface area contributed by atoms with Gasteiger partial charge < -0.3 is 10.5 Å². The van der Waals surface area contributed by atoms with Gasteiger partial charge in [0.05, 0.1) is 12.7 Å². The summed E-state index contributed by atoms with van der Waals surface area (Å²) in [4.78, 5) is 2.89. The minimum absolute atomic E-state index is 0.385. The minimum Gasteiger partial charge on any atom is -0.496 e. The second-order valence-corrected chi connectivity index (χ2v) is 5.64. The van der Waals surface area contributed by atoms with Gasteiger partial charge in [0.25, 0.3) is 0 Å². The second kappa shape index (κ2) is 6.35. The Morgan fingerprint density at radius 2 is 2.32 bits per heavy atom. The predicted molar refractivity (Wildman–Crippen MR) is 82.6 cm³/mol. The Labute approximate surface area is 120 Å². The van der Waals surface area contributed by atoms with E-state index in [2.05, 4.69) is 17.9 Å². The van der Waals surface area contributed by atoms with E-state index in [1.807, 2.05) is 12.1 Å². The van der Waals surface area contributed by atoms with Crippen LogP contribution in [0, 0.1) is 5.92 Å². The number of hydrogen-bond donors (Lipinski definition) is 1. The SMILES string of the molecule is CCC1CCN(Cc2ccc(C(N)=S)c(OC)c2)C1. The molecule has 1 aromatic carbocycles. The van der Waals surface area contributed by atoms with Gasteiger partial charge in [0, 0.05) is 13.1 Å². The number of likely N-dealkylation sites (tertiary alicyclic amines) is 1. The van der Waals surface area contributed by atoms with Crippen molar-refractivity contribution in [2.24, 2.45) is 11.7 Å². The molecule has 1 unspecified atom stereocenters. The monoisotopic (exact) mass is 278 g/mol. The maximum atomic E-state index is 5.68. The molecular formula is C15H22N2OS. The number of methoxy groups -OCH3 is 1. The highest BCUT2D eigenvalue weighted by atomic mass is 32.1. The Balaban J connectivity index is 2.07. The summed E-state index contributed by atoms with van der Waals surface area (Å²) >= 11 is 5.02. The third-order valence-electron chi connectivity index (χ3n) is 3.88. The van der Waals surface area contributed by atoms with Gasteiger partial charge in [0.2, 0.25) is 0 Å². The number of thiocarbonyl (C=S) groups is 1. The number of rotatable bonds is 5. The molecule has 2 N–H and O–H groups in total. The van der Waals surface area contributed by atoms with Gasteiger partial charge >= 0.3 is 0 Å². The third kappa shape index (κ3) is 3.45. The van der Waals surface area contributed by atoms with Gasteiger partial charge in [-0.1, -0.05) is 31.6 Å². The lowest BCUT2D eigenvalue weighted by atomic mass is 10.1. The summed E-state index contributed by atoms with van der Waals surface area (Å²) in [5, 5.41) is 0. The smallest absolute Gasteiger partial charge is 0.129 e. The normalized spacial score (nSPS) is 19.6. The predicted octanol–water partition coefficient (Wildman–Crippen LogP) is 2.56. The van der Waals surface area contributed by atoms with Crippen LogP contribution in [0.2, 0.25) is 0 Å².